The fourth-order valence-corrected chi connectivity index (χ4v) is 3.48. The molecule has 2 fully saturated rings. The maximum absolute atomic E-state index is 12.8. The van der Waals surface area contributed by atoms with Gasteiger partial charge in [-0.2, -0.15) is 0 Å². The molecule has 0 aliphatic carbocycles. The predicted molar refractivity (Wildman–Crippen MR) is 86.6 cm³/mol. The Morgan fingerprint density at radius 3 is 2.65 bits per heavy atom. The van der Waals surface area contributed by atoms with Crippen LogP contribution in [-0.2, 0) is 0 Å². The van der Waals surface area contributed by atoms with E-state index in [1.54, 1.807) is 24.0 Å². The Morgan fingerprint density at radius 1 is 1.30 bits per heavy atom. The van der Waals surface area contributed by atoms with E-state index in [1.807, 2.05) is 0 Å². The number of nitrogens with zero attached hydrogens (tertiary/aromatic N) is 3. The fraction of sp³-hybridized carbons (Fsp3) is 0.562. The highest BCUT2D eigenvalue weighted by Gasteiger charge is 2.31. The molecule has 0 radical (unpaired) electrons. The molecule has 1 unspecified atom stereocenters. The third-order valence-corrected chi connectivity index (χ3v) is 4.81. The van der Waals surface area contributed by atoms with E-state index >= 15 is 0 Å². The number of carbonyl (C=O) groups excluding carboxylic acids is 1. The zero-order valence-corrected chi connectivity index (χ0v) is 13.3. The van der Waals surface area contributed by atoms with Gasteiger partial charge in [0.1, 0.15) is 5.56 Å². The molecule has 1 aromatic carbocycles. The van der Waals surface area contributed by atoms with Gasteiger partial charge in [-0.1, -0.05) is 12.1 Å². The van der Waals surface area contributed by atoms with Crippen LogP contribution in [-0.4, -0.2) is 65.9 Å². The first-order valence-electron chi connectivity index (χ1n) is 8.06. The monoisotopic (exact) mass is 318 g/mol. The third kappa shape index (κ3) is 3.20. The summed E-state index contributed by atoms with van der Waals surface area (Å²) in [5.74, 6) is -0.223. The highest BCUT2D eigenvalue weighted by atomic mass is 16.6. The van der Waals surface area contributed by atoms with Crippen LogP contribution in [0.5, 0.6) is 0 Å². The molecule has 2 saturated heterocycles. The van der Waals surface area contributed by atoms with E-state index < -0.39 is 4.92 Å². The molecule has 2 heterocycles. The maximum atomic E-state index is 12.8. The normalized spacial score (nSPS) is 22.3. The van der Waals surface area contributed by atoms with Crippen molar-refractivity contribution in [1.29, 1.82) is 0 Å². The Balaban J connectivity index is 1.71. The molecule has 1 amide bonds. The Hall–Kier alpha value is -1.99. The molecule has 7 heteroatoms. The first-order chi connectivity index (χ1) is 11.1. The van der Waals surface area contributed by atoms with Crippen molar-refractivity contribution in [2.24, 2.45) is 0 Å². The maximum Gasteiger partial charge on any atom is 0.282 e. The fourth-order valence-electron chi connectivity index (χ4n) is 3.48. The molecule has 1 N–H and O–H groups in total. The average molecular weight is 318 g/mol. The van der Waals surface area contributed by atoms with E-state index in [0.717, 1.165) is 32.6 Å². The summed E-state index contributed by atoms with van der Waals surface area (Å²) in [5.41, 5.74) is 0.789. The summed E-state index contributed by atoms with van der Waals surface area (Å²) < 4.78 is 0. The number of piperazine rings is 1. The van der Waals surface area contributed by atoms with Crippen LogP contribution in [0.1, 0.15) is 22.3 Å². The summed E-state index contributed by atoms with van der Waals surface area (Å²) in [6.07, 6.45) is 1.15. The van der Waals surface area contributed by atoms with Gasteiger partial charge in [0.15, 0.2) is 0 Å². The number of rotatable bonds is 3. The minimum absolute atomic E-state index is 0.0996. The van der Waals surface area contributed by atoms with Crippen LogP contribution >= 0.6 is 0 Å². The Labute approximate surface area is 135 Å². The van der Waals surface area contributed by atoms with Crippen molar-refractivity contribution >= 4 is 11.6 Å². The molecule has 0 aromatic heterocycles. The van der Waals surface area contributed by atoms with Gasteiger partial charge in [0.25, 0.3) is 11.6 Å². The molecule has 7 nitrogen and oxygen atoms in total. The highest BCUT2D eigenvalue weighted by molar-refractivity contribution is 5.99. The minimum Gasteiger partial charge on any atom is -0.336 e. The summed E-state index contributed by atoms with van der Waals surface area (Å²) in [4.78, 5) is 27.7. The van der Waals surface area contributed by atoms with Crippen molar-refractivity contribution < 1.29 is 9.72 Å². The topological polar surface area (TPSA) is 78.7 Å². The van der Waals surface area contributed by atoms with Crippen molar-refractivity contribution in [2.45, 2.75) is 19.4 Å². The summed E-state index contributed by atoms with van der Waals surface area (Å²) in [7, 11) is 0. The van der Waals surface area contributed by atoms with E-state index in [0.29, 0.717) is 24.7 Å². The van der Waals surface area contributed by atoms with Crippen LogP contribution in [0.2, 0.25) is 0 Å². The van der Waals surface area contributed by atoms with Crippen molar-refractivity contribution in [3.8, 4) is 0 Å². The molecule has 3 rings (SSSR count). The largest absolute Gasteiger partial charge is 0.336 e. The van der Waals surface area contributed by atoms with Crippen LogP contribution < -0.4 is 5.32 Å². The van der Waals surface area contributed by atoms with E-state index in [9.17, 15) is 14.9 Å². The molecule has 2 aliphatic heterocycles. The van der Waals surface area contributed by atoms with Gasteiger partial charge in [-0.3, -0.25) is 19.8 Å². The van der Waals surface area contributed by atoms with Gasteiger partial charge in [-0.25, -0.2) is 0 Å². The van der Waals surface area contributed by atoms with Crippen LogP contribution in [0.3, 0.4) is 0 Å². The number of aryl methyl sites for hydroxylation is 1. The van der Waals surface area contributed by atoms with Crippen molar-refractivity contribution in [1.82, 2.24) is 15.1 Å². The SMILES string of the molecule is Cc1cccc([N+](=O)[O-])c1C(=O)N1CCN(C2CCNC2)CC1. The highest BCUT2D eigenvalue weighted by Crippen LogP contribution is 2.24. The Bertz CT molecular complexity index is 605. The lowest BCUT2D eigenvalue weighted by Crippen LogP contribution is -2.52. The van der Waals surface area contributed by atoms with Crippen LogP contribution in [0, 0.1) is 17.0 Å². The van der Waals surface area contributed by atoms with E-state index in [4.69, 9.17) is 0 Å². The summed E-state index contributed by atoms with van der Waals surface area (Å²) in [5, 5.41) is 14.6. The number of hydrogen-bond donors (Lipinski definition) is 1. The number of hydrogen-bond acceptors (Lipinski definition) is 5. The van der Waals surface area contributed by atoms with Gasteiger partial charge in [-0.15, -0.1) is 0 Å². The third-order valence-electron chi connectivity index (χ3n) is 4.81. The molecule has 2 aliphatic rings. The average Bonchev–Trinajstić information content (AvgIpc) is 3.08. The zero-order chi connectivity index (χ0) is 16.4. The van der Waals surface area contributed by atoms with Gasteiger partial charge >= 0.3 is 0 Å². The second kappa shape index (κ2) is 6.64. The standard InChI is InChI=1S/C16H22N4O3/c1-12-3-2-4-14(20(22)23)15(12)16(21)19-9-7-18(8-10-19)13-5-6-17-11-13/h2-4,13,17H,5-11H2,1H3. The van der Waals surface area contributed by atoms with Gasteiger partial charge < -0.3 is 10.2 Å². The van der Waals surface area contributed by atoms with Crippen molar-refractivity contribution in [3.05, 3.63) is 39.4 Å². The van der Waals surface area contributed by atoms with E-state index in [1.165, 1.54) is 6.07 Å². The number of nitro benzene ring substituents is 1. The smallest absolute Gasteiger partial charge is 0.282 e. The van der Waals surface area contributed by atoms with Crippen molar-refractivity contribution in [2.75, 3.05) is 39.3 Å². The Morgan fingerprint density at radius 2 is 2.04 bits per heavy atom. The van der Waals surface area contributed by atoms with Crippen LogP contribution in [0.15, 0.2) is 18.2 Å². The molecular formula is C16H22N4O3. The molecule has 1 atom stereocenters. The molecule has 0 bridgehead atoms. The molecular weight excluding hydrogens is 296 g/mol. The first-order valence-corrected chi connectivity index (χ1v) is 8.06. The second-order valence-electron chi connectivity index (χ2n) is 6.20. The lowest BCUT2D eigenvalue weighted by molar-refractivity contribution is -0.385. The zero-order valence-electron chi connectivity index (χ0n) is 13.3. The molecule has 0 saturated carbocycles. The van der Waals surface area contributed by atoms with Gasteiger partial charge in [0.05, 0.1) is 4.92 Å². The minimum atomic E-state index is -0.472. The van der Waals surface area contributed by atoms with E-state index in [-0.39, 0.29) is 17.2 Å². The van der Waals surface area contributed by atoms with Crippen LogP contribution in [0.4, 0.5) is 5.69 Å². The van der Waals surface area contributed by atoms with Gasteiger partial charge in [0.2, 0.25) is 0 Å². The number of carbonyl (C=O) groups is 1. The predicted octanol–water partition coefficient (Wildman–Crippen LogP) is 1.02. The first kappa shape index (κ1) is 15.9. The van der Waals surface area contributed by atoms with E-state index in [2.05, 4.69) is 10.2 Å². The molecule has 23 heavy (non-hydrogen) atoms. The number of amides is 1. The summed E-state index contributed by atoms with van der Waals surface area (Å²) in [6.45, 7) is 6.73. The van der Waals surface area contributed by atoms with Crippen molar-refractivity contribution in [3.63, 3.8) is 0 Å². The van der Waals surface area contributed by atoms with Gasteiger partial charge in [0, 0.05) is 44.8 Å². The molecule has 124 valence electrons. The lowest BCUT2D eigenvalue weighted by Gasteiger charge is -2.37. The lowest BCUT2D eigenvalue weighted by atomic mass is 10.0. The van der Waals surface area contributed by atoms with Gasteiger partial charge in [-0.05, 0) is 25.5 Å². The molecule has 0 spiro atoms. The number of benzene rings is 1. The second-order valence-corrected chi connectivity index (χ2v) is 6.20. The quantitative estimate of drug-likeness (QED) is 0.665. The molecule has 1 aromatic rings. The Kier molecular flexibility index (Phi) is 4.58. The van der Waals surface area contributed by atoms with Crippen LogP contribution in [0.25, 0.3) is 0 Å². The number of nitro groups is 1. The summed E-state index contributed by atoms with van der Waals surface area (Å²) >= 11 is 0. The number of nitrogens with one attached hydrogen (secondary N) is 1. The summed E-state index contributed by atoms with van der Waals surface area (Å²) in [6, 6.07) is 5.33.